The van der Waals surface area contributed by atoms with Gasteiger partial charge >= 0.3 is 17.9 Å². The van der Waals surface area contributed by atoms with Crippen molar-refractivity contribution < 1.29 is 49.1 Å². The molecule has 3 atom stereocenters. The van der Waals surface area contributed by atoms with E-state index in [1.165, 1.54) is 12.5 Å². The number of Topliss-reactive ketones (excluding diaryl/α,β-unsaturated/α-hetero) is 1. The van der Waals surface area contributed by atoms with E-state index in [1.54, 1.807) is 31.2 Å². The van der Waals surface area contributed by atoms with Crippen LogP contribution in [0.1, 0.15) is 103 Å². The maximum absolute atomic E-state index is 13.3. The number of aliphatic carboxylic acids is 3. The third-order valence-corrected chi connectivity index (χ3v) is 7.52. The predicted octanol–water partition coefficient (Wildman–Crippen LogP) is 4.93. The molecule has 11 heteroatoms. The van der Waals surface area contributed by atoms with Crippen LogP contribution < -0.4 is 10.1 Å². The van der Waals surface area contributed by atoms with Gasteiger partial charge in [0, 0.05) is 19.3 Å². The van der Waals surface area contributed by atoms with Crippen molar-refractivity contribution in [2.24, 2.45) is 5.92 Å². The Morgan fingerprint density at radius 1 is 0.913 bits per heavy atom. The first-order chi connectivity index (χ1) is 21.9. The lowest BCUT2D eigenvalue weighted by Gasteiger charge is -2.29. The summed E-state index contributed by atoms with van der Waals surface area (Å²) in [7, 11) is 0. The van der Waals surface area contributed by atoms with Crippen molar-refractivity contribution in [2.45, 2.75) is 115 Å². The lowest BCUT2D eigenvalue weighted by Crippen LogP contribution is -2.55. The molecule has 0 radical (unpaired) electrons. The van der Waals surface area contributed by atoms with E-state index in [9.17, 15) is 44.4 Å². The van der Waals surface area contributed by atoms with Gasteiger partial charge in [0.2, 0.25) is 5.91 Å². The summed E-state index contributed by atoms with van der Waals surface area (Å²) in [6.07, 6.45) is 11.2. The predicted molar refractivity (Wildman–Crippen MR) is 172 cm³/mol. The molecule has 254 valence electrons. The third kappa shape index (κ3) is 15.7. The van der Waals surface area contributed by atoms with Crippen LogP contribution in [0.2, 0.25) is 0 Å². The second-order valence-corrected chi connectivity index (χ2v) is 11.3. The third-order valence-electron chi connectivity index (χ3n) is 7.52. The number of carbonyl (C=O) groups is 5. The summed E-state index contributed by atoms with van der Waals surface area (Å²) in [4.78, 5) is 60.8. The standard InChI is InChI=1S/C35H49NO10/c1-3-5-7-10-13-16-27(37)17-14-11-8-9-12-15-18-29(35(45,34(43)44)25-31(38)39)32(40)36-30(33(41)42)24-26-19-21-28(22-20-26)46-23-6-4-2/h15,18-22,29-30,45H,3,5,7-14,16-17,23-25H2,1-2H3,(H,36,40)(H,38,39)(H,41,42)(H,43,44)/b18-15+. The Morgan fingerprint density at radius 2 is 1.52 bits per heavy atom. The lowest BCUT2D eigenvalue weighted by atomic mass is 9.82. The van der Waals surface area contributed by atoms with E-state index >= 15 is 0 Å². The smallest absolute Gasteiger partial charge is 0.337 e. The normalized spacial score (nSPS) is 13.5. The Kier molecular flexibility index (Phi) is 19.4. The zero-order valence-electron chi connectivity index (χ0n) is 27.0. The van der Waals surface area contributed by atoms with E-state index in [4.69, 9.17) is 4.74 Å². The van der Waals surface area contributed by atoms with Crippen molar-refractivity contribution in [3.8, 4) is 17.6 Å². The van der Waals surface area contributed by atoms with Gasteiger partial charge in [-0.3, -0.25) is 14.4 Å². The van der Waals surface area contributed by atoms with Gasteiger partial charge in [0.25, 0.3) is 0 Å². The molecule has 1 aromatic carbocycles. The minimum Gasteiger partial charge on any atom is -0.481 e. The number of aliphatic hydroxyl groups is 1. The summed E-state index contributed by atoms with van der Waals surface area (Å²) in [6.45, 7) is 4.01. The zero-order valence-corrected chi connectivity index (χ0v) is 27.0. The molecule has 0 fully saturated rings. The number of ketones is 1. The number of carboxylic acid groups (broad SMARTS) is 3. The molecule has 0 heterocycles. The van der Waals surface area contributed by atoms with E-state index < -0.39 is 47.8 Å². The molecule has 1 amide bonds. The van der Waals surface area contributed by atoms with E-state index in [2.05, 4.69) is 24.1 Å². The fraction of sp³-hybridized carbons (Fsp3) is 0.571. The summed E-state index contributed by atoms with van der Waals surface area (Å²) in [6, 6.07) is 4.95. The monoisotopic (exact) mass is 643 g/mol. The maximum Gasteiger partial charge on any atom is 0.337 e. The van der Waals surface area contributed by atoms with Crippen LogP contribution in [-0.2, 0) is 30.4 Å². The molecule has 0 aromatic heterocycles. The Bertz CT molecular complexity index is 1210. The van der Waals surface area contributed by atoms with E-state index in [0.29, 0.717) is 37.0 Å². The quantitative estimate of drug-likeness (QED) is 0.0555. The molecule has 0 spiro atoms. The summed E-state index contributed by atoms with van der Waals surface area (Å²) in [5.74, 6) is -1.77. The van der Waals surface area contributed by atoms with Crippen molar-refractivity contribution in [3.63, 3.8) is 0 Å². The molecule has 1 aromatic rings. The van der Waals surface area contributed by atoms with Crippen LogP contribution in [0, 0.1) is 17.8 Å². The maximum atomic E-state index is 13.3. The van der Waals surface area contributed by atoms with Crippen molar-refractivity contribution in [2.75, 3.05) is 6.61 Å². The van der Waals surface area contributed by atoms with Gasteiger partial charge in [-0.05, 0) is 50.3 Å². The molecule has 0 aliphatic heterocycles. The molecule has 0 aliphatic carbocycles. The van der Waals surface area contributed by atoms with Crippen molar-refractivity contribution in [1.82, 2.24) is 5.32 Å². The number of benzene rings is 1. The second kappa shape index (κ2) is 22.4. The van der Waals surface area contributed by atoms with Crippen LogP contribution in [0.15, 0.2) is 36.4 Å². The molecule has 0 saturated heterocycles. The number of hydrogen-bond acceptors (Lipinski definition) is 7. The molecular weight excluding hydrogens is 594 g/mol. The Balaban J connectivity index is 2.83. The van der Waals surface area contributed by atoms with Crippen LogP contribution in [-0.4, -0.2) is 68.3 Å². The summed E-state index contributed by atoms with van der Waals surface area (Å²) < 4.78 is 5.44. The first-order valence-corrected chi connectivity index (χ1v) is 15.9. The molecule has 3 unspecified atom stereocenters. The summed E-state index contributed by atoms with van der Waals surface area (Å²) in [5.41, 5.74) is -2.49. The fourth-order valence-electron chi connectivity index (χ4n) is 4.84. The number of allylic oxidation sites excluding steroid dienone is 1. The fourth-order valence-corrected chi connectivity index (χ4v) is 4.84. The molecule has 0 aliphatic rings. The second-order valence-electron chi connectivity index (χ2n) is 11.3. The van der Waals surface area contributed by atoms with Gasteiger partial charge in [-0.1, -0.05) is 75.7 Å². The summed E-state index contributed by atoms with van der Waals surface area (Å²) >= 11 is 0. The average molecular weight is 644 g/mol. The van der Waals surface area contributed by atoms with Crippen LogP contribution in [0.5, 0.6) is 5.75 Å². The SMILES string of the molecule is CC#CCOc1ccc(CC(NC(=O)C(/C=C/CCCCCCC(=O)CCCCCCC)C(O)(CC(=O)O)C(=O)O)C(=O)O)cc1. The lowest BCUT2D eigenvalue weighted by molar-refractivity contribution is -0.172. The highest BCUT2D eigenvalue weighted by Crippen LogP contribution is 2.26. The highest BCUT2D eigenvalue weighted by atomic mass is 16.5. The van der Waals surface area contributed by atoms with Crippen LogP contribution in [0.3, 0.4) is 0 Å². The summed E-state index contributed by atoms with van der Waals surface area (Å²) in [5, 5.41) is 41.9. The van der Waals surface area contributed by atoms with E-state index in [0.717, 1.165) is 51.0 Å². The number of unbranched alkanes of at least 4 members (excludes halogenated alkanes) is 8. The highest BCUT2D eigenvalue weighted by Gasteiger charge is 2.49. The number of amides is 1. The van der Waals surface area contributed by atoms with Gasteiger partial charge < -0.3 is 30.5 Å². The highest BCUT2D eigenvalue weighted by molar-refractivity contribution is 5.94. The Hall–Kier alpha value is -4.17. The largest absolute Gasteiger partial charge is 0.481 e. The number of carboxylic acids is 3. The van der Waals surface area contributed by atoms with Gasteiger partial charge in [-0.15, -0.1) is 5.92 Å². The number of rotatable bonds is 25. The number of hydrogen-bond donors (Lipinski definition) is 5. The Morgan fingerprint density at radius 3 is 2.07 bits per heavy atom. The minimum absolute atomic E-state index is 0.168. The molecule has 0 bridgehead atoms. The van der Waals surface area contributed by atoms with Crippen molar-refractivity contribution >= 4 is 29.6 Å². The first-order valence-electron chi connectivity index (χ1n) is 15.9. The molecule has 5 N–H and O–H groups in total. The number of carbonyl (C=O) groups excluding carboxylic acids is 2. The number of nitrogens with one attached hydrogen (secondary N) is 1. The van der Waals surface area contributed by atoms with E-state index in [1.807, 2.05) is 0 Å². The topological polar surface area (TPSA) is 188 Å². The van der Waals surface area contributed by atoms with Gasteiger partial charge in [0.15, 0.2) is 5.60 Å². The minimum atomic E-state index is -3.02. The van der Waals surface area contributed by atoms with Crippen LogP contribution >= 0.6 is 0 Å². The molecule has 46 heavy (non-hydrogen) atoms. The van der Waals surface area contributed by atoms with Gasteiger partial charge in [0.1, 0.15) is 24.2 Å². The van der Waals surface area contributed by atoms with Crippen molar-refractivity contribution in [1.29, 1.82) is 0 Å². The molecule has 0 saturated carbocycles. The zero-order chi connectivity index (χ0) is 34.4. The van der Waals surface area contributed by atoms with Crippen LogP contribution in [0.4, 0.5) is 0 Å². The van der Waals surface area contributed by atoms with Crippen LogP contribution in [0.25, 0.3) is 0 Å². The molecule has 1 rings (SSSR count). The van der Waals surface area contributed by atoms with Gasteiger partial charge in [0.05, 0.1) is 12.3 Å². The Labute approximate surface area is 271 Å². The molecular formula is C35H49NO10. The van der Waals surface area contributed by atoms with E-state index in [-0.39, 0.29) is 18.8 Å². The first kappa shape index (κ1) is 39.9. The van der Waals surface area contributed by atoms with Gasteiger partial charge in [-0.2, -0.15) is 0 Å². The van der Waals surface area contributed by atoms with Crippen molar-refractivity contribution in [3.05, 3.63) is 42.0 Å². The van der Waals surface area contributed by atoms with Gasteiger partial charge in [-0.25, -0.2) is 9.59 Å². The molecule has 11 nitrogen and oxygen atoms in total. The average Bonchev–Trinajstić information content (AvgIpc) is 3.00. The number of ether oxygens (including phenoxy) is 1.